The second-order valence-electron chi connectivity index (χ2n) is 5.32. The van der Waals surface area contributed by atoms with Crippen LogP contribution in [0.1, 0.15) is 5.56 Å². The van der Waals surface area contributed by atoms with Crippen LogP contribution in [0.3, 0.4) is 0 Å². The van der Waals surface area contributed by atoms with E-state index < -0.39 is 17.8 Å². The van der Waals surface area contributed by atoms with Gasteiger partial charge in [0.25, 0.3) is 0 Å². The number of nitrogens with zero attached hydrogens (tertiary/aromatic N) is 1. The van der Waals surface area contributed by atoms with E-state index in [0.29, 0.717) is 21.3 Å². The van der Waals surface area contributed by atoms with Crippen LogP contribution in [-0.2, 0) is 6.18 Å². The number of nitrogens with one attached hydrogen (secondary N) is 2. The smallest absolute Gasteiger partial charge is 0.308 e. The highest BCUT2D eigenvalue weighted by Crippen LogP contribution is 2.33. The molecule has 4 nitrogen and oxygen atoms in total. The van der Waals surface area contributed by atoms with Crippen LogP contribution in [0, 0.1) is 0 Å². The van der Waals surface area contributed by atoms with Crippen molar-refractivity contribution in [2.24, 2.45) is 0 Å². The molecule has 3 rings (SSSR count). The van der Waals surface area contributed by atoms with Gasteiger partial charge in [-0.2, -0.15) is 13.2 Å². The monoisotopic (exact) mass is 431 g/mol. The third-order valence-corrected chi connectivity index (χ3v) is 4.70. The van der Waals surface area contributed by atoms with Crippen LogP contribution >= 0.6 is 34.5 Å². The Morgan fingerprint density at radius 3 is 2.59 bits per heavy atom. The summed E-state index contributed by atoms with van der Waals surface area (Å²) in [5.74, 6) is 0. The third kappa shape index (κ3) is 4.91. The van der Waals surface area contributed by atoms with E-state index >= 15 is 0 Å². The number of rotatable bonds is 3. The van der Waals surface area contributed by atoms with Gasteiger partial charge in [-0.25, -0.2) is 9.78 Å². The molecule has 0 saturated carbocycles. The summed E-state index contributed by atoms with van der Waals surface area (Å²) in [6.07, 6.45) is -4.49. The number of carbonyl (C=O) groups excluding carboxylic acids is 1. The summed E-state index contributed by atoms with van der Waals surface area (Å²) in [6.45, 7) is 0. The Morgan fingerprint density at radius 1 is 1.07 bits per heavy atom. The highest BCUT2D eigenvalue weighted by molar-refractivity contribution is 7.14. The zero-order valence-corrected chi connectivity index (χ0v) is 15.6. The van der Waals surface area contributed by atoms with Crippen molar-refractivity contribution in [3.8, 4) is 11.3 Å². The first-order valence-electron chi connectivity index (χ1n) is 7.38. The zero-order valence-electron chi connectivity index (χ0n) is 13.3. The molecule has 10 heteroatoms. The average molecular weight is 432 g/mol. The number of thiazole rings is 1. The van der Waals surface area contributed by atoms with Gasteiger partial charge in [-0.1, -0.05) is 29.3 Å². The van der Waals surface area contributed by atoms with Crippen LogP contribution in [0.25, 0.3) is 11.3 Å². The number of hydrogen-bond donors (Lipinski definition) is 2. The van der Waals surface area contributed by atoms with Crippen molar-refractivity contribution in [3.05, 3.63) is 63.5 Å². The quantitative estimate of drug-likeness (QED) is 0.480. The summed E-state index contributed by atoms with van der Waals surface area (Å²) in [6, 6.07) is 8.53. The molecule has 0 saturated heterocycles. The molecule has 1 heterocycles. The molecule has 2 N–H and O–H groups in total. The van der Waals surface area contributed by atoms with Gasteiger partial charge in [0, 0.05) is 21.7 Å². The predicted molar refractivity (Wildman–Crippen MR) is 102 cm³/mol. The van der Waals surface area contributed by atoms with Crippen molar-refractivity contribution in [1.82, 2.24) is 4.98 Å². The number of hydrogen-bond acceptors (Lipinski definition) is 3. The van der Waals surface area contributed by atoms with Gasteiger partial charge >= 0.3 is 12.2 Å². The van der Waals surface area contributed by atoms with Gasteiger partial charge < -0.3 is 5.32 Å². The molecular weight excluding hydrogens is 422 g/mol. The summed E-state index contributed by atoms with van der Waals surface area (Å²) < 4.78 is 38.2. The highest BCUT2D eigenvalue weighted by atomic mass is 35.5. The fourth-order valence-electron chi connectivity index (χ4n) is 2.18. The number of benzene rings is 2. The summed E-state index contributed by atoms with van der Waals surface area (Å²) in [7, 11) is 0. The largest absolute Gasteiger partial charge is 0.416 e. The fourth-order valence-corrected chi connectivity index (χ4v) is 3.27. The summed E-state index contributed by atoms with van der Waals surface area (Å²) in [5.41, 5.74) is 0.276. The molecule has 2 amide bonds. The van der Waals surface area contributed by atoms with Gasteiger partial charge in [-0.15, -0.1) is 11.3 Å². The molecule has 0 spiro atoms. The Hall–Kier alpha value is -2.29. The van der Waals surface area contributed by atoms with Crippen molar-refractivity contribution >= 4 is 51.4 Å². The van der Waals surface area contributed by atoms with E-state index in [-0.39, 0.29) is 10.8 Å². The predicted octanol–water partition coefficient (Wildman–Crippen LogP) is 6.78. The van der Waals surface area contributed by atoms with Crippen LogP contribution in [0.15, 0.2) is 47.8 Å². The van der Waals surface area contributed by atoms with Gasteiger partial charge in [0.15, 0.2) is 5.13 Å². The SMILES string of the molecule is O=C(Nc1cccc(C(F)(F)F)c1)Nc1nc(-c2cc(Cl)ccc2Cl)cs1. The first-order valence-corrected chi connectivity index (χ1v) is 9.02. The van der Waals surface area contributed by atoms with E-state index in [4.69, 9.17) is 23.2 Å². The summed E-state index contributed by atoms with van der Waals surface area (Å²) in [4.78, 5) is 16.3. The lowest BCUT2D eigenvalue weighted by atomic mass is 10.2. The van der Waals surface area contributed by atoms with E-state index in [1.165, 1.54) is 12.1 Å². The number of urea groups is 1. The minimum Gasteiger partial charge on any atom is -0.308 e. The van der Waals surface area contributed by atoms with Crippen LogP contribution in [0.4, 0.5) is 28.8 Å². The van der Waals surface area contributed by atoms with E-state index in [2.05, 4.69) is 15.6 Å². The molecule has 0 radical (unpaired) electrons. The molecule has 0 aliphatic rings. The standard InChI is InChI=1S/C17H10Cl2F3N3OS/c18-10-4-5-13(19)12(7-10)14-8-27-16(24-14)25-15(26)23-11-3-1-2-9(6-11)17(20,21)22/h1-8H,(H2,23,24,25,26). The molecule has 0 unspecified atom stereocenters. The molecular formula is C17H10Cl2F3N3OS. The first-order chi connectivity index (χ1) is 12.7. The topological polar surface area (TPSA) is 54.0 Å². The van der Waals surface area contributed by atoms with Crippen LogP contribution < -0.4 is 10.6 Å². The zero-order chi connectivity index (χ0) is 19.6. The Balaban J connectivity index is 1.71. The Bertz CT molecular complexity index is 992. The molecule has 0 aliphatic heterocycles. The van der Waals surface area contributed by atoms with E-state index in [9.17, 15) is 18.0 Å². The molecule has 0 aliphatic carbocycles. The van der Waals surface area contributed by atoms with Crippen molar-refractivity contribution in [2.75, 3.05) is 10.6 Å². The molecule has 3 aromatic rings. The second-order valence-corrected chi connectivity index (χ2v) is 7.02. The highest BCUT2D eigenvalue weighted by Gasteiger charge is 2.30. The second kappa shape index (κ2) is 7.75. The van der Waals surface area contributed by atoms with E-state index in [1.54, 1.807) is 23.6 Å². The van der Waals surface area contributed by atoms with Gasteiger partial charge in [0.05, 0.1) is 16.3 Å². The summed E-state index contributed by atoms with van der Waals surface area (Å²) >= 11 is 13.2. The Labute approximate surface area is 165 Å². The van der Waals surface area contributed by atoms with Crippen molar-refractivity contribution in [3.63, 3.8) is 0 Å². The number of amides is 2. The van der Waals surface area contributed by atoms with Crippen LogP contribution in [0.5, 0.6) is 0 Å². The van der Waals surface area contributed by atoms with Gasteiger partial charge in [-0.3, -0.25) is 5.32 Å². The maximum absolute atomic E-state index is 12.7. The van der Waals surface area contributed by atoms with Crippen LogP contribution in [0.2, 0.25) is 10.0 Å². The summed E-state index contributed by atoms with van der Waals surface area (Å²) in [5, 5.41) is 7.68. The van der Waals surface area contributed by atoms with Crippen molar-refractivity contribution in [2.45, 2.75) is 6.18 Å². The molecule has 0 bridgehead atoms. The molecule has 140 valence electrons. The van der Waals surface area contributed by atoms with Crippen LogP contribution in [-0.4, -0.2) is 11.0 Å². The Morgan fingerprint density at radius 2 is 1.85 bits per heavy atom. The number of alkyl halides is 3. The lowest BCUT2D eigenvalue weighted by molar-refractivity contribution is -0.137. The lowest BCUT2D eigenvalue weighted by Crippen LogP contribution is -2.19. The third-order valence-electron chi connectivity index (χ3n) is 3.38. The normalized spacial score (nSPS) is 11.3. The average Bonchev–Trinajstić information content (AvgIpc) is 3.04. The number of aromatic nitrogens is 1. The first kappa shape index (κ1) is 19.5. The van der Waals surface area contributed by atoms with E-state index in [1.807, 2.05) is 0 Å². The van der Waals surface area contributed by atoms with Gasteiger partial charge in [0.1, 0.15) is 0 Å². The minimum atomic E-state index is -4.49. The maximum atomic E-state index is 12.7. The Kier molecular flexibility index (Phi) is 5.59. The molecule has 2 aromatic carbocycles. The van der Waals surface area contributed by atoms with Crippen molar-refractivity contribution in [1.29, 1.82) is 0 Å². The molecule has 1 aromatic heterocycles. The van der Waals surface area contributed by atoms with E-state index in [0.717, 1.165) is 23.5 Å². The molecule has 0 fully saturated rings. The minimum absolute atomic E-state index is 0.0111. The fraction of sp³-hybridized carbons (Fsp3) is 0.0588. The van der Waals surface area contributed by atoms with Gasteiger partial charge in [-0.05, 0) is 36.4 Å². The molecule has 0 atom stereocenters. The number of anilines is 2. The number of carbonyl (C=O) groups is 1. The number of halogens is 5. The lowest BCUT2D eigenvalue weighted by Gasteiger charge is -2.09. The van der Waals surface area contributed by atoms with Crippen molar-refractivity contribution < 1.29 is 18.0 Å². The molecule has 27 heavy (non-hydrogen) atoms. The van der Waals surface area contributed by atoms with Gasteiger partial charge in [0.2, 0.25) is 0 Å². The maximum Gasteiger partial charge on any atom is 0.416 e.